The van der Waals surface area contributed by atoms with Crippen molar-refractivity contribution in [3.63, 3.8) is 0 Å². The van der Waals surface area contributed by atoms with Crippen LogP contribution >= 0.6 is 11.6 Å². The highest BCUT2D eigenvalue weighted by atomic mass is 35.5. The fourth-order valence-electron chi connectivity index (χ4n) is 1.61. The van der Waals surface area contributed by atoms with Crippen LogP contribution in [0, 0.1) is 5.82 Å². The van der Waals surface area contributed by atoms with Gasteiger partial charge in [0.2, 0.25) is 0 Å². The number of hydrogen-bond donors (Lipinski definition) is 1. The molecule has 0 saturated carbocycles. The van der Waals surface area contributed by atoms with Crippen LogP contribution in [0.15, 0.2) is 30.5 Å². The van der Waals surface area contributed by atoms with Crippen LogP contribution in [0.4, 0.5) is 4.39 Å². The van der Waals surface area contributed by atoms with E-state index in [0.717, 1.165) is 5.69 Å². The molecule has 0 atom stereocenters. The molecular weight excluding hydrogens is 265 g/mol. The maximum absolute atomic E-state index is 13.0. The fourth-order valence-corrected chi connectivity index (χ4v) is 1.87. The summed E-state index contributed by atoms with van der Waals surface area (Å²) in [6.07, 6.45) is 1.82. The molecule has 0 aliphatic heterocycles. The van der Waals surface area contributed by atoms with E-state index >= 15 is 0 Å². The Balaban J connectivity index is 2.16. The quantitative estimate of drug-likeness (QED) is 0.932. The molecule has 0 aliphatic carbocycles. The lowest BCUT2D eigenvalue weighted by Crippen LogP contribution is -2.35. The summed E-state index contributed by atoms with van der Waals surface area (Å²) in [6.45, 7) is 6.97. The second-order valence-electron chi connectivity index (χ2n) is 5.45. The van der Waals surface area contributed by atoms with Gasteiger partial charge in [0.15, 0.2) is 0 Å². The molecule has 3 nitrogen and oxygen atoms in total. The zero-order valence-corrected chi connectivity index (χ0v) is 12.0. The summed E-state index contributed by atoms with van der Waals surface area (Å²) in [5.41, 5.74) is 1.62. The Morgan fingerprint density at radius 3 is 2.68 bits per heavy atom. The van der Waals surface area contributed by atoms with Crippen molar-refractivity contribution in [1.29, 1.82) is 0 Å². The molecule has 19 heavy (non-hydrogen) atoms. The highest BCUT2D eigenvalue weighted by Crippen LogP contribution is 2.21. The van der Waals surface area contributed by atoms with Crippen LogP contribution in [0.5, 0.6) is 0 Å². The minimum Gasteiger partial charge on any atom is -0.306 e. The molecule has 1 heterocycles. The Labute approximate surface area is 117 Å². The number of nitrogens with one attached hydrogen (secondary N) is 1. The van der Waals surface area contributed by atoms with Gasteiger partial charge in [-0.2, -0.15) is 5.10 Å². The van der Waals surface area contributed by atoms with Crippen LogP contribution in [-0.2, 0) is 6.54 Å². The Morgan fingerprint density at radius 2 is 2.05 bits per heavy atom. The molecule has 0 unspecified atom stereocenters. The van der Waals surface area contributed by atoms with Crippen LogP contribution in [0.2, 0.25) is 5.02 Å². The first-order valence-corrected chi connectivity index (χ1v) is 6.48. The first kappa shape index (κ1) is 14.0. The van der Waals surface area contributed by atoms with E-state index < -0.39 is 0 Å². The van der Waals surface area contributed by atoms with Gasteiger partial charge in [-0.25, -0.2) is 9.07 Å². The predicted molar refractivity (Wildman–Crippen MR) is 75.1 cm³/mol. The largest absolute Gasteiger partial charge is 0.306 e. The van der Waals surface area contributed by atoms with Gasteiger partial charge >= 0.3 is 0 Å². The van der Waals surface area contributed by atoms with Gasteiger partial charge in [0.1, 0.15) is 5.82 Å². The minimum atomic E-state index is -0.351. The lowest BCUT2D eigenvalue weighted by molar-refractivity contribution is 0.420. The van der Waals surface area contributed by atoms with Crippen LogP contribution in [0.25, 0.3) is 5.69 Å². The standard InChI is InChI=1S/C14H17ClFN3/c1-14(2,3)17-9-11-6-7-19(18-11)13-5-4-10(16)8-12(13)15/h4-8,17H,9H2,1-3H3. The molecule has 0 bridgehead atoms. The van der Waals surface area contributed by atoms with Crippen molar-refractivity contribution in [1.82, 2.24) is 15.1 Å². The van der Waals surface area contributed by atoms with Crippen molar-refractivity contribution in [2.75, 3.05) is 0 Å². The summed E-state index contributed by atoms with van der Waals surface area (Å²) in [5.74, 6) is -0.351. The van der Waals surface area contributed by atoms with E-state index in [0.29, 0.717) is 17.3 Å². The van der Waals surface area contributed by atoms with Crippen molar-refractivity contribution in [3.8, 4) is 5.69 Å². The summed E-state index contributed by atoms with van der Waals surface area (Å²) in [7, 11) is 0. The maximum Gasteiger partial charge on any atom is 0.124 e. The van der Waals surface area contributed by atoms with E-state index in [2.05, 4.69) is 31.2 Å². The van der Waals surface area contributed by atoms with Gasteiger partial charge in [0.05, 0.1) is 16.4 Å². The zero-order valence-electron chi connectivity index (χ0n) is 11.2. The van der Waals surface area contributed by atoms with E-state index in [4.69, 9.17) is 11.6 Å². The van der Waals surface area contributed by atoms with Crippen LogP contribution in [0.3, 0.4) is 0 Å². The second-order valence-corrected chi connectivity index (χ2v) is 5.86. The van der Waals surface area contributed by atoms with Crippen molar-refractivity contribution < 1.29 is 4.39 Å². The second kappa shape index (κ2) is 5.31. The average Bonchev–Trinajstić information content (AvgIpc) is 2.74. The van der Waals surface area contributed by atoms with Gasteiger partial charge in [-0.05, 0) is 45.0 Å². The Kier molecular flexibility index (Phi) is 3.92. The van der Waals surface area contributed by atoms with Crippen molar-refractivity contribution in [2.45, 2.75) is 32.9 Å². The molecule has 0 fully saturated rings. The lowest BCUT2D eigenvalue weighted by atomic mass is 10.1. The average molecular weight is 282 g/mol. The molecule has 2 rings (SSSR count). The predicted octanol–water partition coefficient (Wildman–Crippen LogP) is 3.55. The molecule has 102 valence electrons. The Hall–Kier alpha value is -1.39. The molecular formula is C14H17ClFN3. The van der Waals surface area contributed by atoms with Crippen LogP contribution in [-0.4, -0.2) is 15.3 Å². The fraction of sp³-hybridized carbons (Fsp3) is 0.357. The highest BCUT2D eigenvalue weighted by molar-refractivity contribution is 6.32. The monoisotopic (exact) mass is 281 g/mol. The van der Waals surface area contributed by atoms with Gasteiger partial charge in [0, 0.05) is 18.3 Å². The normalized spacial score (nSPS) is 11.8. The minimum absolute atomic E-state index is 0.0390. The first-order valence-electron chi connectivity index (χ1n) is 6.10. The van der Waals surface area contributed by atoms with Crippen molar-refractivity contribution >= 4 is 11.6 Å². The molecule has 5 heteroatoms. The smallest absolute Gasteiger partial charge is 0.124 e. The summed E-state index contributed by atoms with van der Waals surface area (Å²) < 4.78 is 14.7. The lowest BCUT2D eigenvalue weighted by Gasteiger charge is -2.19. The third-order valence-electron chi connectivity index (χ3n) is 2.60. The van der Waals surface area contributed by atoms with E-state index in [9.17, 15) is 4.39 Å². The summed E-state index contributed by atoms with van der Waals surface area (Å²) in [4.78, 5) is 0. The van der Waals surface area contributed by atoms with Gasteiger partial charge in [-0.15, -0.1) is 0 Å². The molecule has 1 aromatic heterocycles. The first-order chi connectivity index (χ1) is 8.85. The zero-order chi connectivity index (χ0) is 14.0. The number of halogens is 2. The van der Waals surface area contributed by atoms with Crippen molar-refractivity contribution in [3.05, 3.63) is 47.0 Å². The highest BCUT2D eigenvalue weighted by Gasteiger charge is 2.10. The van der Waals surface area contributed by atoms with E-state index in [1.54, 1.807) is 10.7 Å². The van der Waals surface area contributed by atoms with Gasteiger partial charge < -0.3 is 5.32 Å². The van der Waals surface area contributed by atoms with Gasteiger partial charge in [-0.3, -0.25) is 0 Å². The SMILES string of the molecule is CC(C)(C)NCc1ccn(-c2ccc(F)cc2Cl)n1. The maximum atomic E-state index is 13.0. The van der Waals surface area contributed by atoms with Crippen LogP contribution < -0.4 is 5.32 Å². The van der Waals surface area contributed by atoms with Gasteiger partial charge in [0.25, 0.3) is 0 Å². The van der Waals surface area contributed by atoms with E-state index in [-0.39, 0.29) is 11.4 Å². The van der Waals surface area contributed by atoms with E-state index in [1.165, 1.54) is 12.1 Å². The van der Waals surface area contributed by atoms with Gasteiger partial charge in [-0.1, -0.05) is 11.6 Å². The summed E-state index contributed by atoms with van der Waals surface area (Å²) >= 11 is 6.01. The summed E-state index contributed by atoms with van der Waals surface area (Å²) in [6, 6.07) is 6.19. The molecule has 0 amide bonds. The molecule has 0 spiro atoms. The molecule has 1 aromatic carbocycles. The van der Waals surface area contributed by atoms with Crippen LogP contribution in [0.1, 0.15) is 26.5 Å². The third kappa shape index (κ3) is 3.78. The molecule has 2 aromatic rings. The number of aromatic nitrogens is 2. The number of hydrogen-bond acceptors (Lipinski definition) is 2. The molecule has 0 saturated heterocycles. The topological polar surface area (TPSA) is 29.9 Å². The number of nitrogens with zero attached hydrogens (tertiary/aromatic N) is 2. The van der Waals surface area contributed by atoms with E-state index in [1.807, 2.05) is 12.3 Å². The Bertz CT molecular complexity index is 572. The van der Waals surface area contributed by atoms with Crippen molar-refractivity contribution in [2.24, 2.45) is 0 Å². The molecule has 0 radical (unpaired) electrons. The number of benzene rings is 1. The molecule has 0 aliphatic rings. The Morgan fingerprint density at radius 1 is 1.32 bits per heavy atom. The number of rotatable bonds is 3. The molecule has 1 N–H and O–H groups in total. The third-order valence-corrected chi connectivity index (χ3v) is 2.90. The summed E-state index contributed by atoms with van der Waals surface area (Å²) in [5, 5.41) is 8.12.